The third kappa shape index (κ3) is 10.8. The molecule has 58 heavy (non-hydrogen) atoms. The fourth-order valence-corrected chi connectivity index (χ4v) is 7.19. The number of rotatable bonds is 8. The van der Waals surface area contributed by atoms with Gasteiger partial charge in [-0.15, -0.1) is 5.11 Å². The van der Waals surface area contributed by atoms with E-state index in [2.05, 4.69) is 25.9 Å². The topological polar surface area (TPSA) is 294 Å². The number of hydrogen-bond donors (Lipinski definition) is 3. The summed E-state index contributed by atoms with van der Waals surface area (Å²) in [5.41, 5.74) is 3.02. The van der Waals surface area contributed by atoms with Gasteiger partial charge in [-0.1, -0.05) is 42.5 Å². The standard InChI is InChI=1S/C34H26N6O12S3.3Na/c1-18-7-9-21(15-27(18)36-38-32-24-12-11-23(53(44,45)46)13-20(24)14-31(34(32)42)55(50,51)52)39-40(43)22-10-8-19(2)28(16-22)35-37-29-17-30(54(47,48)49)25-5-3-4-6-26(25)33(29)41;;;/h3-17H,1-2H3,(H5-,35,36,39,41,42,43,44,45,46,47,48,49,50,51,52);;;/q;3*+1/p-2. The van der Waals surface area contributed by atoms with Crippen LogP contribution in [-0.2, 0) is 35.1 Å². The molecule has 18 nitrogen and oxygen atoms in total. The van der Waals surface area contributed by atoms with Crippen LogP contribution in [0.3, 0.4) is 0 Å². The molecule has 3 aromatic rings. The number of hydrazone groups is 1. The first-order chi connectivity index (χ1) is 25.7. The van der Waals surface area contributed by atoms with Crippen molar-refractivity contribution >= 4 is 80.1 Å². The van der Waals surface area contributed by atoms with Gasteiger partial charge >= 0.3 is 88.7 Å². The Morgan fingerprint density at radius 3 is 2.03 bits per heavy atom. The summed E-state index contributed by atoms with van der Waals surface area (Å²) in [6.07, 6.45) is 4.33. The van der Waals surface area contributed by atoms with Crippen LogP contribution in [0, 0.1) is 13.8 Å². The minimum atomic E-state index is -5.37. The molecule has 0 unspecified atom stereocenters. The molecule has 0 radical (unpaired) electrons. The number of fused-ring (bicyclic) bond motifs is 2. The molecule has 6 rings (SSSR count). The van der Waals surface area contributed by atoms with E-state index < -0.39 is 62.3 Å². The van der Waals surface area contributed by atoms with Gasteiger partial charge in [-0.2, -0.15) is 28.7 Å². The van der Waals surface area contributed by atoms with Gasteiger partial charge in [0.15, 0.2) is 0 Å². The average molecular weight is 874 g/mol. The number of benzene rings is 3. The Labute approximate surface area is 398 Å². The number of carbonyl (C=O) groups is 2. The van der Waals surface area contributed by atoms with Crippen molar-refractivity contribution in [3.8, 4) is 0 Å². The van der Waals surface area contributed by atoms with Crippen LogP contribution in [0.4, 0.5) is 22.7 Å². The number of hydrogen-bond acceptors (Lipinski definition) is 15. The monoisotopic (exact) mass is 873 g/mol. The quantitative estimate of drug-likeness (QED) is 0.0482. The van der Waals surface area contributed by atoms with E-state index in [-0.39, 0.29) is 139 Å². The number of ketones is 2. The predicted molar refractivity (Wildman–Crippen MR) is 194 cm³/mol. The molecule has 0 aromatic heterocycles. The van der Waals surface area contributed by atoms with Crippen molar-refractivity contribution < 1.29 is 148 Å². The van der Waals surface area contributed by atoms with Crippen LogP contribution in [0.25, 0.3) is 4.91 Å². The van der Waals surface area contributed by atoms with Gasteiger partial charge in [0.2, 0.25) is 11.6 Å². The molecular formula is C34H24N6Na3O12S3+. The van der Waals surface area contributed by atoms with Crippen molar-refractivity contribution in [2.45, 2.75) is 13.8 Å². The third-order valence-corrected chi connectivity index (χ3v) is 10.8. The van der Waals surface area contributed by atoms with Crippen LogP contribution in [0.5, 0.6) is 0 Å². The summed E-state index contributed by atoms with van der Waals surface area (Å²) in [4.78, 5) is 24.1. The SMILES string of the molecule is Cc1ccc(N=[N+](O)c2ccc(C)c(NN=C3C=C(S(=O)(=O)O)c4ccccc4C3=O)c2)cc1N=NC1=C2C=CC(=S(=O)([O-])[O-])C=C2C=C(S(=O)(=O)[O-])C1=O.[Na+].[Na+].[Na+]. The number of Topliss-reactive ketones (excluding diaryl/α,β-unsaturated/α-hetero) is 2. The fraction of sp³-hybridized carbons (Fsp3) is 0.0588. The number of allylic oxidation sites excluding steroid dienone is 8. The molecule has 0 spiro atoms. The first kappa shape index (κ1) is 49.3. The average Bonchev–Trinajstić information content (AvgIpc) is 3.11. The Balaban J connectivity index is 0.00000300. The van der Waals surface area contributed by atoms with Gasteiger partial charge in [-0.25, -0.2) is 8.42 Å². The second kappa shape index (κ2) is 19.1. The van der Waals surface area contributed by atoms with Gasteiger partial charge in [-0.3, -0.25) is 29.0 Å². The Morgan fingerprint density at radius 1 is 0.741 bits per heavy atom. The number of nitrogens with one attached hydrogen (secondary N) is 1. The summed E-state index contributed by atoms with van der Waals surface area (Å²) in [6.45, 7) is 3.29. The zero-order valence-corrected chi connectivity index (χ0v) is 39.5. The molecule has 3 aliphatic rings. The summed E-state index contributed by atoms with van der Waals surface area (Å²) in [5.74, 6) is -1.92. The van der Waals surface area contributed by atoms with E-state index in [1.165, 1.54) is 54.6 Å². The van der Waals surface area contributed by atoms with Gasteiger partial charge in [0.05, 0.1) is 16.5 Å². The van der Waals surface area contributed by atoms with Crippen LogP contribution in [0.15, 0.2) is 133 Å². The van der Waals surface area contributed by atoms with Crippen molar-refractivity contribution in [3.05, 3.63) is 135 Å². The van der Waals surface area contributed by atoms with Crippen molar-refractivity contribution in [1.82, 2.24) is 0 Å². The molecule has 0 saturated heterocycles. The Bertz CT molecular complexity index is 2880. The minimum Gasteiger partial charge on any atom is -0.788 e. The van der Waals surface area contributed by atoms with E-state index in [1.807, 2.05) is 0 Å². The number of azo groups is 2. The molecule has 0 amide bonds. The Hall–Kier alpha value is -3.07. The van der Waals surface area contributed by atoms with Crippen molar-refractivity contribution in [2.24, 2.45) is 20.4 Å². The van der Waals surface area contributed by atoms with Crippen LogP contribution in [0.1, 0.15) is 27.0 Å². The smallest absolute Gasteiger partial charge is 0.788 e. The second-order valence-corrected chi connectivity index (χ2v) is 16.0. The summed E-state index contributed by atoms with van der Waals surface area (Å²) >= 11 is 0. The van der Waals surface area contributed by atoms with Crippen LogP contribution < -0.4 is 94.1 Å². The normalized spacial score (nSPS) is 16.4. The molecular weight excluding hydrogens is 850 g/mol. The van der Waals surface area contributed by atoms with Gasteiger partial charge in [-0.05, 0) is 67.0 Å². The van der Waals surface area contributed by atoms with Gasteiger partial charge in [0.1, 0.15) is 41.9 Å². The molecule has 3 aromatic carbocycles. The summed E-state index contributed by atoms with van der Waals surface area (Å²) in [5, 5.41) is 27.0. The van der Waals surface area contributed by atoms with Crippen LogP contribution in [0.2, 0.25) is 0 Å². The maximum absolute atomic E-state index is 13.1. The molecule has 24 heteroatoms. The molecule has 282 valence electrons. The van der Waals surface area contributed by atoms with Crippen molar-refractivity contribution in [2.75, 3.05) is 5.43 Å². The predicted octanol–water partition coefficient (Wildman–Crippen LogP) is -4.41. The zero-order chi connectivity index (χ0) is 40.0. The largest absolute Gasteiger partial charge is 1.00 e. The molecule has 3 N–H and O–H groups in total. The van der Waals surface area contributed by atoms with Gasteiger partial charge in [0, 0.05) is 33.7 Å². The Morgan fingerprint density at radius 2 is 1.40 bits per heavy atom. The number of aryl methyl sites for hydroxylation is 2. The zero-order valence-electron chi connectivity index (χ0n) is 31.1. The molecule has 0 heterocycles. The Kier molecular flexibility index (Phi) is 16.2. The fourth-order valence-electron chi connectivity index (χ4n) is 5.37. The summed E-state index contributed by atoms with van der Waals surface area (Å²) < 4.78 is 104. The molecule has 0 fully saturated rings. The number of anilines is 1. The molecule has 0 bridgehead atoms. The van der Waals surface area contributed by atoms with E-state index in [9.17, 15) is 54.1 Å². The summed E-state index contributed by atoms with van der Waals surface area (Å²) in [6, 6.07) is 14.7. The second-order valence-electron chi connectivity index (χ2n) is 11.9. The third-order valence-electron chi connectivity index (χ3n) is 8.19. The van der Waals surface area contributed by atoms with E-state index in [0.29, 0.717) is 22.1 Å². The van der Waals surface area contributed by atoms with Crippen molar-refractivity contribution in [1.29, 1.82) is 0 Å². The van der Waals surface area contributed by atoms with E-state index in [1.54, 1.807) is 19.9 Å². The molecule has 0 atom stereocenters. The maximum Gasteiger partial charge on any atom is 1.00 e. The molecule has 3 aliphatic carbocycles. The summed E-state index contributed by atoms with van der Waals surface area (Å²) in [7, 11) is -15.1. The maximum atomic E-state index is 13.1. The first-order valence-corrected chi connectivity index (χ1v) is 19.7. The van der Waals surface area contributed by atoms with Crippen LogP contribution >= 0.6 is 0 Å². The van der Waals surface area contributed by atoms with Gasteiger partial charge < -0.3 is 13.7 Å². The first-order valence-electron chi connectivity index (χ1n) is 15.4. The number of nitrogens with zero attached hydrogens (tertiary/aromatic N) is 5. The van der Waals surface area contributed by atoms with E-state index in [4.69, 9.17) is 0 Å². The van der Waals surface area contributed by atoms with Gasteiger partial charge in [0.25, 0.3) is 15.8 Å². The minimum absolute atomic E-state index is 0. The van der Waals surface area contributed by atoms with Crippen LogP contribution in [-0.4, -0.2) is 71.5 Å². The molecule has 0 saturated carbocycles. The van der Waals surface area contributed by atoms with E-state index in [0.717, 1.165) is 24.3 Å². The van der Waals surface area contributed by atoms with E-state index >= 15 is 0 Å². The number of carbonyl (C=O) groups excluding carboxylic acids is 2. The molecule has 0 aliphatic heterocycles. The van der Waals surface area contributed by atoms with Crippen molar-refractivity contribution in [3.63, 3.8) is 0 Å².